The van der Waals surface area contributed by atoms with Gasteiger partial charge in [0.2, 0.25) is 5.91 Å². The number of rotatable bonds is 2. The lowest BCUT2D eigenvalue weighted by Gasteiger charge is -2.20. The summed E-state index contributed by atoms with van der Waals surface area (Å²) in [5.74, 6) is 0.259. The first-order valence-electron chi connectivity index (χ1n) is 4.72. The number of nitrogens with zero attached hydrogens (tertiary/aromatic N) is 1. The van der Waals surface area contributed by atoms with Gasteiger partial charge in [-0.05, 0) is 25.7 Å². The molecule has 2 rings (SSSR count). The monoisotopic (exact) mass is 167 g/mol. The van der Waals surface area contributed by atoms with Gasteiger partial charge in [-0.1, -0.05) is 0 Å². The Kier molecular flexibility index (Phi) is 1.83. The van der Waals surface area contributed by atoms with Crippen molar-refractivity contribution in [3.63, 3.8) is 0 Å². The predicted molar refractivity (Wildman–Crippen MR) is 45.4 cm³/mol. The van der Waals surface area contributed by atoms with Crippen LogP contribution in [0.5, 0.6) is 0 Å². The van der Waals surface area contributed by atoms with Crippen molar-refractivity contribution < 1.29 is 4.79 Å². The molecule has 1 N–H and O–H groups in total. The van der Waals surface area contributed by atoms with Crippen molar-refractivity contribution >= 4 is 5.91 Å². The van der Waals surface area contributed by atoms with Gasteiger partial charge in [0.15, 0.2) is 0 Å². The van der Waals surface area contributed by atoms with Gasteiger partial charge in [-0.3, -0.25) is 10.5 Å². The summed E-state index contributed by atoms with van der Waals surface area (Å²) in [5.41, 5.74) is 7.08. The third kappa shape index (κ3) is 1.12. The topological polar surface area (TPSA) is 44.1 Å². The van der Waals surface area contributed by atoms with E-state index in [1.165, 1.54) is 0 Å². The molecule has 12 heavy (non-hydrogen) atoms. The Morgan fingerprint density at radius 3 is 2.33 bits per heavy atom. The number of carbonyl (C=O) groups excluding carboxylic acids is 1. The molecule has 0 atom stereocenters. The van der Waals surface area contributed by atoms with Crippen LogP contribution in [0, 0.1) is 5.41 Å². The molecule has 0 bridgehead atoms. The molecule has 1 aliphatic carbocycles. The standard InChI is InChI=1S/C9H15N2O/c10-7-9(3-4-9)8(12)11-5-1-2-6-11/h10H,1-7H2. The van der Waals surface area contributed by atoms with Gasteiger partial charge in [0.05, 0.1) is 5.41 Å². The molecular weight excluding hydrogens is 152 g/mol. The summed E-state index contributed by atoms with van der Waals surface area (Å²) in [6.45, 7) is 2.16. The van der Waals surface area contributed by atoms with Crippen molar-refractivity contribution in [2.75, 3.05) is 19.6 Å². The Morgan fingerprint density at radius 1 is 1.33 bits per heavy atom. The zero-order chi connectivity index (χ0) is 8.60. The van der Waals surface area contributed by atoms with Crippen molar-refractivity contribution in [1.82, 2.24) is 10.6 Å². The van der Waals surface area contributed by atoms with Crippen LogP contribution >= 0.6 is 0 Å². The molecule has 0 aromatic heterocycles. The van der Waals surface area contributed by atoms with Gasteiger partial charge in [0.1, 0.15) is 0 Å². The van der Waals surface area contributed by atoms with Crippen molar-refractivity contribution in [1.29, 1.82) is 0 Å². The van der Waals surface area contributed by atoms with E-state index in [0.717, 1.165) is 38.8 Å². The van der Waals surface area contributed by atoms with Gasteiger partial charge in [-0.2, -0.15) is 0 Å². The zero-order valence-corrected chi connectivity index (χ0v) is 7.31. The van der Waals surface area contributed by atoms with E-state index in [4.69, 9.17) is 5.73 Å². The summed E-state index contributed by atoms with van der Waals surface area (Å²) in [6, 6.07) is 0. The van der Waals surface area contributed by atoms with Crippen LogP contribution in [-0.4, -0.2) is 30.4 Å². The zero-order valence-electron chi connectivity index (χ0n) is 7.31. The van der Waals surface area contributed by atoms with Gasteiger partial charge >= 0.3 is 0 Å². The molecule has 0 aromatic carbocycles. The van der Waals surface area contributed by atoms with E-state index in [1.54, 1.807) is 0 Å². The molecule has 1 amide bonds. The van der Waals surface area contributed by atoms with Gasteiger partial charge in [0, 0.05) is 19.6 Å². The van der Waals surface area contributed by atoms with Crippen molar-refractivity contribution in [3.05, 3.63) is 0 Å². The summed E-state index contributed by atoms with van der Waals surface area (Å²) in [4.78, 5) is 13.7. The Hall–Kier alpha value is -0.570. The molecule has 3 heteroatoms. The van der Waals surface area contributed by atoms with Gasteiger partial charge in [-0.15, -0.1) is 0 Å². The first-order chi connectivity index (χ1) is 5.78. The van der Waals surface area contributed by atoms with Crippen LogP contribution in [0.4, 0.5) is 0 Å². The summed E-state index contributed by atoms with van der Waals surface area (Å²) < 4.78 is 0. The Bertz CT molecular complexity index is 193. The fourth-order valence-corrected chi connectivity index (χ4v) is 1.87. The summed E-state index contributed by atoms with van der Waals surface area (Å²) in [6.07, 6.45) is 4.21. The molecule has 0 aromatic rings. The highest BCUT2D eigenvalue weighted by molar-refractivity contribution is 5.85. The molecule has 1 saturated heterocycles. The predicted octanol–water partition coefficient (Wildman–Crippen LogP) is 0.672. The van der Waals surface area contributed by atoms with Crippen LogP contribution in [0.25, 0.3) is 0 Å². The average molecular weight is 167 g/mol. The third-order valence-corrected chi connectivity index (χ3v) is 3.04. The Morgan fingerprint density at radius 2 is 1.92 bits per heavy atom. The highest BCUT2D eigenvalue weighted by Gasteiger charge is 2.50. The maximum atomic E-state index is 11.8. The molecule has 67 valence electrons. The highest BCUT2D eigenvalue weighted by atomic mass is 16.2. The second-order valence-electron chi connectivity index (χ2n) is 3.96. The van der Waals surface area contributed by atoms with Crippen LogP contribution in [0.3, 0.4) is 0 Å². The Labute approximate surface area is 72.9 Å². The largest absolute Gasteiger partial charge is 0.342 e. The van der Waals surface area contributed by atoms with E-state index in [1.807, 2.05) is 4.90 Å². The third-order valence-electron chi connectivity index (χ3n) is 3.04. The SMILES string of the molecule is [NH]CC1(C(=O)N2CCCC2)CC1. The van der Waals surface area contributed by atoms with E-state index < -0.39 is 0 Å². The number of hydrogen-bond donors (Lipinski definition) is 0. The summed E-state index contributed by atoms with van der Waals surface area (Å²) in [5, 5.41) is 0. The molecule has 1 saturated carbocycles. The molecule has 1 radical (unpaired) electrons. The fraction of sp³-hybridized carbons (Fsp3) is 0.889. The first-order valence-corrected chi connectivity index (χ1v) is 4.72. The van der Waals surface area contributed by atoms with Crippen LogP contribution in [-0.2, 0) is 4.79 Å². The lowest BCUT2D eigenvalue weighted by molar-refractivity contribution is -0.135. The minimum atomic E-state index is -0.232. The molecule has 1 heterocycles. The summed E-state index contributed by atoms with van der Waals surface area (Å²) in [7, 11) is 0. The maximum Gasteiger partial charge on any atom is 0.230 e. The second-order valence-corrected chi connectivity index (χ2v) is 3.96. The molecule has 1 aliphatic heterocycles. The molecule has 2 fully saturated rings. The van der Waals surface area contributed by atoms with Crippen molar-refractivity contribution in [3.8, 4) is 0 Å². The molecule has 0 spiro atoms. The lowest BCUT2D eigenvalue weighted by Crippen LogP contribution is -2.37. The van der Waals surface area contributed by atoms with E-state index in [-0.39, 0.29) is 11.3 Å². The second kappa shape index (κ2) is 2.73. The van der Waals surface area contributed by atoms with Crippen molar-refractivity contribution in [2.24, 2.45) is 5.41 Å². The maximum absolute atomic E-state index is 11.8. The average Bonchev–Trinajstić information content (AvgIpc) is 2.71. The minimum absolute atomic E-state index is 0.232. The first kappa shape index (κ1) is 8.05. The van der Waals surface area contributed by atoms with Gasteiger partial charge in [0.25, 0.3) is 0 Å². The van der Waals surface area contributed by atoms with Gasteiger partial charge in [-0.25, -0.2) is 0 Å². The normalized spacial score (nSPS) is 25.9. The van der Waals surface area contributed by atoms with Crippen LogP contribution in [0.15, 0.2) is 0 Å². The molecule has 3 nitrogen and oxygen atoms in total. The molecule has 2 aliphatic rings. The van der Waals surface area contributed by atoms with Crippen molar-refractivity contribution in [2.45, 2.75) is 25.7 Å². The van der Waals surface area contributed by atoms with Crippen LogP contribution in [0.2, 0.25) is 0 Å². The van der Waals surface area contributed by atoms with E-state index in [0.29, 0.717) is 6.54 Å². The fourth-order valence-electron chi connectivity index (χ4n) is 1.87. The number of hydrogen-bond acceptors (Lipinski definition) is 1. The number of nitrogens with one attached hydrogen (secondary N) is 1. The van der Waals surface area contributed by atoms with E-state index >= 15 is 0 Å². The quantitative estimate of drug-likeness (QED) is 0.596. The van der Waals surface area contributed by atoms with Gasteiger partial charge < -0.3 is 4.90 Å². The highest BCUT2D eigenvalue weighted by Crippen LogP contribution is 2.46. The van der Waals surface area contributed by atoms with Crippen LogP contribution in [0.1, 0.15) is 25.7 Å². The molecule has 0 unspecified atom stereocenters. The van der Waals surface area contributed by atoms with E-state index in [2.05, 4.69) is 0 Å². The molecular formula is C9H15N2O. The number of likely N-dealkylation sites (tertiary alicyclic amines) is 1. The Balaban J connectivity index is 1.99. The van der Waals surface area contributed by atoms with E-state index in [9.17, 15) is 4.79 Å². The minimum Gasteiger partial charge on any atom is -0.342 e. The smallest absolute Gasteiger partial charge is 0.230 e. The number of carbonyl (C=O) groups is 1. The summed E-state index contributed by atoms with van der Waals surface area (Å²) >= 11 is 0. The van der Waals surface area contributed by atoms with Crippen LogP contribution < -0.4 is 5.73 Å². The number of amides is 1. The lowest BCUT2D eigenvalue weighted by atomic mass is 10.1.